The van der Waals surface area contributed by atoms with Gasteiger partial charge in [-0.2, -0.15) is 18.3 Å². The fourth-order valence-electron chi connectivity index (χ4n) is 2.76. The number of furan rings is 1. The maximum atomic E-state index is 13.9. The largest absolute Gasteiger partial charge is 0.454 e. The third-order valence-electron chi connectivity index (χ3n) is 4.25. The van der Waals surface area contributed by atoms with E-state index in [0.717, 1.165) is 12.1 Å². The summed E-state index contributed by atoms with van der Waals surface area (Å²) in [6.07, 6.45) is -12.2. The van der Waals surface area contributed by atoms with E-state index in [1.54, 1.807) is 0 Å². The van der Waals surface area contributed by atoms with E-state index in [4.69, 9.17) is 4.42 Å². The zero-order chi connectivity index (χ0) is 25.5. The smallest absolute Gasteiger partial charge is 0.422 e. The van der Waals surface area contributed by atoms with Crippen LogP contribution in [-0.2, 0) is 12.7 Å². The Morgan fingerprint density at radius 2 is 1.56 bits per heavy atom. The Kier molecular flexibility index (Phi) is 6.61. The van der Waals surface area contributed by atoms with Crippen molar-refractivity contribution in [3.05, 3.63) is 69.9 Å². The van der Waals surface area contributed by atoms with E-state index >= 15 is 0 Å². The van der Waals surface area contributed by atoms with Crippen LogP contribution in [0, 0.1) is 23.3 Å². The monoisotopic (exact) mass is 507 g/mol. The van der Waals surface area contributed by atoms with E-state index < -0.39 is 83.1 Å². The van der Waals surface area contributed by atoms with E-state index in [0.29, 0.717) is 10.7 Å². The Bertz CT molecular complexity index is 1200. The van der Waals surface area contributed by atoms with Gasteiger partial charge in [-0.3, -0.25) is 9.48 Å². The third-order valence-corrected chi connectivity index (χ3v) is 4.25. The second kappa shape index (κ2) is 8.98. The first-order valence-electron chi connectivity index (χ1n) is 8.69. The summed E-state index contributed by atoms with van der Waals surface area (Å²) < 4.78 is 150. The summed E-state index contributed by atoms with van der Waals surface area (Å²) in [4.78, 5) is 12.1. The minimum atomic E-state index is -5.79. The van der Waals surface area contributed by atoms with Crippen molar-refractivity contribution in [2.45, 2.75) is 25.6 Å². The number of amides is 1. The highest BCUT2D eigenvalue weighted by Gasteiger charge is 2.42. The summed E-state index contributed by atoms with van der Waals surface area (Å²) in [6.45, 7) is -0.702. The van der Waals surface area contributed by atoms with Gasteiger partial charge < -0.3 is 9.73 Å². The van der Waals surface area contributed by atoms with Crippen LogP contribution < -0.4 is 5.32 Å². The molecule has 0 aliphatic rings. The fraction of sp³-hybridized carbons (Fsp3) is 0.222. The van der Waals surface area contributed by atoms with Crippen LogP contribution in [0.5, 0.6) is 0 Å². The Morgan fingerprint density at radius 1 is 0.971 bits per heavy atom. The number of anilines is 1. The molecule has 184 valence electrons. The quantitative estimate of drug-likeness (QED) is 0.318. The van der Waals surface area contributed by atoms with E-state index in [1.165, 1.54) is 5.32 Å². The molecule has 3 rings (SSSR count). The minimum Gasteiger partial charge on any atom is -0.454 e. The van der Waals surface area contributed by atoms with Crippen LogP contribution in [0.15, 0.2) is 22.6 Å². The second-order valence-electron chi connectivity index (χ2n) is 6.48. The summed E-state index contributed by atoms with van der Waals surface area (Å²) in [7, 11) is 0. The number of carbonyl (C=O) groups is 1. The highest BCUT2D eigenvalue weighted by Crippen LogP contribution is 2.38. The minimum absolute atomic E-state index is 0.346. The number of nitrogens with zero attached hydrogens (tertiary/aromatic N) is 2. The molecule has 0 bridgehead atoms. The Hall–Kier alpha value is -3.59. The SMILES string of the molecule is O=C(Nc1c(F)c(F)c(C(F)(F)F)c(F)c1F)c1ccc(Cn2nc(C(F)F)cc2C(F)F)o1. The zero-order valence-electron chi connectivity index (χ0n) is 16.0. The number of carbonyl (C=O) groups excluding carboxylic acids is 1. The van der Waals surface area contributed by atoms with Gasteiger partial charge in [0, 0.05) is 0 Å². The molecule has 3 aromatic rings. The van der Waals surface area contributed by atoms with Gasteiger partial charge in [-0.1, -0.05) is 0 Å². The van der Waals surface area contributed by atoms with Crippen molar-refractivity contribution in [3.63, 3.8) is 0 Å². The molecule has 1 aromatic carbocycles. The molecular weight excluding hydrogens is 499 g/mol. The lowest BCUT2D eigenvalue weighted by atomic mass is 10.1. The third kappa shape index (κ3) is 4.70. The van der Waals surface area contributed by atoms with Gasteiger partial charge in [-0.25, -0.2) is 35.1 Å². The maximum Gasteiger partial charge on any atom is 0.422 e. The number of nitrogens with one attached hydrogen (secondary N) is 1. The highest BCUT2D eigenvalue weighted by molar-refractivity contribution is 6.02. The van der Waals surface area contributed by atoms with E-state index in [2.05, 4.69) is 5.10 Å². The number of halogens is 11. The summed E-state index contributed by atoms with van der Waals surface area (Å²) in [6, 6.07) is 2.19. The average molecular weight is 507 g/mol. The first kappa shape index (κ1) is 25.0. The summed E-state index contributed by atoms with van der Waals surface area (Å²) in [5.74, 6) is -13.5. The number of rotatable bonds is 6. The van der Waals surface area contributed by atoms with Crippen molar-refractivity contribution in [1.29, 1.82) is 0 Å². The van der Waals surface area contributed by atoms with Crippen LogP contribution in [0.25, 0.3) is 0 Å². The van der Waals surface area contributed by atoms with Crippen molar-refractivity contribution >= 4 is 11.6 Å². The van der Waals surface area contributed by atoms with Gasteiger partial charge in [-0.05, 0) is 18.2 Å². The zero-order valence-corrected chi connectivity index (χ0v) is 16.0. The molecule has 0 fully saturated rings. The summed E-state index contributed by atoms with van der Waals surface area (Å²) >= 11 is 0. The lowest BCUT2D eigenvalue weighted by molar-refractivity contribution is -0.143. The molecular formula is C18H8F11N3O2. The van der Waals surface area contributed by atoms with Crippen LogP contribution in [0.1, 0.15) is 46.1 Å². The summed E-state index contributed by atoms with van der Waals surface area (Å²) in [5.41, 5.74) is -6.63. The highest BCUT2D eigenvalue weighted by atomic mass is 19.4. The first-order chi connectivity index (χ1) is 15.7. The second-order valence-corrected chi connectivity index (χ2v) is 6.48. The predicted molar refractivity (Wildman–Crippen MR) is 89.2 cm³/mol. The Balaban J connectivity index is 1.87. The average Bonchev–Trinajstić information content (AvgIpc) is 3.36. The lowest BCUT2D eigenvalue weighted by Crippen LogP contribution is -2.20. The molecule has 2 aromatic heterocycles. The number of benzene rings is 1. The predicted octanol–water partition coefficient (Wildman–Crippen LogP) is 6.23. The molecule has 1 amide bonds. The van der Waals surface area contributed by atoms with Crippen molar-refractivity contribution in [2.24, 2.45) is 0 Å². The fourth-order valence-corrected chi connectivity index (χ4v) is 2.76. The molecule has 0 atom stereocenters. The van der Waals surface area contributed by atoms with Crippen LogP contribution >= 0.6 is 0 Å². The molecule has 5 nitrogen and oxygen atoms in total. The molecule has 0 radical (unpaired) electrons. The van der Waals surface area contributed by atoms with Gasteiger partial charge in [0.2, 0.25) is 0 Å². The number of hydrogen-bond donors (Lipinski definition) is 1. The van der Waals surface area contributed by atoms with Gasteiger partial charge in [0.15, 0.2) is 29.0 Å². The molecule has 16 heteroatoms. The molecule has 0 saturated carbocycles. The first-order valence-corrected chi connectivity index (χ1v) is 8.69. The number of hydrogen-bond acceptors (Lipinski definition) is 3. The molecule has 1 N–H and O–H groups in total. The molecule has 34 heavy (non-hydrogen) atoms. The topological polar surface area (TPSA) is 60.1 Å². The number of aromatic nitrogens is 2. The van der Waals surface area contributed by atoms with Gasteiger partial charge in [0.1, 0.15) is 28.4 Å². The van der Waals surface area contributed by atoms with E-state index in [1.807, 2.05) is 0 Å². The van der Waals surface area contributed by atoms with Crippen molar-refractivity contribution < 1.29 is 57.5 Å². The van der Waals surface area contributed by atoms with E-state index in [-0.39, 0.29) is 5.76 Å². The van der Waals surface area contributed by atoms with Crippen molar-refractivity contribution in [2.75, 3.05) is 5.32 Å². The van der Waals surface area contributed by atoms with Gasteiger partial charge in [0.25, 0.3) is 18.8 Å². The molecule has 2 heterocycles. The molecule has 0 aliphatic carbocycles. The molecule has 0 saturated heterocycles. The molecule has 0 unspecified atom stereocenters. The van der Waals surface area contributed by atoms with Crippen LogP contribution in [0.4, 0.5) is 54.0 Å². The molecule has 0 spiro atoms. The summed E-state index contributed by atoms with van der Waals surface area (Å²) in [5, 5.41) is 4.58. The standard InChI is InChI=1S/C18H8F11N3O2/c19-10-9(18(27,28)29)11(20)13(22)14(12(10)21)30-17(33)8-2-1-5(34-8)4-32-7(16(25)26)3-6(31-32)15(23)24/h1-3,15-16H,4H2,(H,30,33). The van der Waals surface area contributed by atoms with Gasteiger partial charge >= 0.3 is 6.18 Å². The van der Waals surface area contributed by atoms with Crippen LogP contribution in [0.2, 0.25) is 0 Å². The van der Waals surface area contributed by atoms with Crippen molar-refractivity contribution in [3.8, 4) is 0 Å². The maximum absolute atomic E-state index is 13.9. The normalized spacial score (nSPS) is 12.1. The van der Waals surface area contributed by atoms with Gasteiger partial charge in [0.05, 0.1) is 6.54 Å². The number of alkyl halides is 7. The van der Waals surface area contributed by atoms with Crippen molar-refractivity contribution in [1.82, 2.24) is 9.78 Å². The lowest BCUT2D eigenvalue weighted by Gasteiger charge is -2.14. The van der Waals surface area contributed by atoms with Crippen LogP contribution in [0.3, 0.4) is 0 Å². The van der Waals surface area contributed by atoms with Crippen LogP contribution in [-0.4, -0.2) is 15.7 Å². The van der Waals surface area contributed by atoms with E-state index in [9.17, 15) is 53.1 Å². The Morgan fingerprint density at radius 3 is 2.06 bits per heavy atom. The van der Waals surface area contributed by atoms with Gasteiger partial charge in [-0.15, -0.1) is 0 Å². The molecule has 0 aliphatic heterocycles. The Labute approximate surface area is 180 Å².